The molecule has 0 aliphatic heterocycles. The lowest BCUT2D eigenvalue weighted by Gasteiger charge is -2.32. The van der Waals surface area contributed by atoms with Crippen LogP contribution in [-0.2, 0) is 6.42 Å². The van der Waals surface area contributed by atoms with Crippen LogP contribution in [0.2, 0.25) is 0 Å². The average molecular weight is 315 g/mol. The van der Waals surface area contributed by atoms with Crippen molar-refractivity contribution in [3.63, 3.8) is 0 Å². The van der Waals surface area contributed by atoms with Crippen LogP contribution in [0.1, 0.15) is 47.8 Å². The largest absolute Gasteiger partial charge is 0.370 e. The fourth-order valence-electron chi connectivity index (χ4n) is 3.11. The molecule has 0 unspecified atom stereocenters. The molecule has 124 valence electrons. The van der Waals surface area contributed by atoms with Crippen molar-refractivity contribution < 1.29 is 0 Å². The first kappa shape index (κ1) is 15.7. The van der Waals surface area contributed by atoms with Crippen LogP contribution in [-0.4, -0.2) is 32.8 Å². The van der Waals surface area contributed by atoms with Crippen LogP contribution >= 0.6 is 0 Å². The van der Waals surface area contributed by atoms with Gasteiger partial charge in [0.2, 0.25) is 5.95 Å². The Morgan fingerprint density at radius 3 is 2.74 bits per heavy atom. The highest BCUT2D eigenvalue weighted by atomic mass is 15.1. The van der Waals surface area contributed by atoms with E-state index in [1.807, 2.05) is 13.0 Å². The molecule has 0 aromatic carbocycles. The Balaban J connectivity index is 1.54. The van der Waals surface area contributed by atoms with Crippen molar-refractivity contribution in [2.24, 2.45) is 5.73 Å². The van der Waals surface area contributed by atoms with Crippen LogP contribution in [0.25, 0.3) is 0 Å². The molecule has 7 nitrogen and oxygen atoms in total. The normalized spacial score (nSPS) is 20.3. The zero-order chi connectivity index (χ0) is 16.4. The number of nitrogens with zero attached hydrogens (tertiary/aromatic N) is 3. The molecule has 0 radical (unpaired) electrons. The van der Waals surface area contributed by atoms with Gasteiger partial charge in [0.1, 0.15) is 5.82 Å². The Morgan fingerprint density at radius 1 is 1.30 bits per heavy atom. The molecule has 2 aromatic heterocycles. The summed E-state index contributed by atoms with van der Waals surface area (Å²) in [4.78, 5) is 8.61. The molecule has 1 fully saturated rings. The quantitative estimate of drug-likeness (QED) is 0.602. The summed E-state index contributed by atoms with van der Waals surface area (Å²) >= 11 is 0. The highest BCUT2D eigenvalue weighted by Crippen LogP contribution is 2.35. The maximum Gasteiger partial charge on any atom is 0.222 e. The monoisotopic (exact) mass is 315 g/mol. The molecule has 6 N–H and O–H groups in total. The Bertz CT molecular complexity index is 654. The average Bonchev–Trinajstić information content (AvgIpc) is 2.79. The smallest absolute Gasteiger partial charge is 0.222 e. The molecule has 1 aliphatic rings. The fraction of sp³-hybridized carbons (Fsp3) is 0.562. The van der Waals surface area contributed by atoms with Crippen LogP contribution in [0.5, 0.6) is 0 Å². The van der Waals surface area contributed by atoms with Gasteiger partial charge in [0.15, 0.2) is 0 Å². The van der Waals surface area contributed by atoms with Crippen molar-refractivity contribution in [3.05, 3.63) is 28.7 Å². The molecule has 1 saturated carbocycles. The van der Waals surface area contributed by atoms with Crippen molar-refractivity contribution in [3.8, 4) is 0 Å². The van der Waals surface area contributed by atoms with Crippen molar-refractivity contribution in [2.75, 3.05) is 17.6 Å². The molecular formula is C16H25N7. The van der Waals surface area contributed by atoms with Crippen molar-refractivity contribution in [1.29, 1.82) is 0 Å². The molecule has 0 spiro atoms. The summed E-state index contributed by atoms with van der Waals surface area (Å²) in [7, 11) is 0. The predicted molar refractivity (Wildman–Crippen MR) is 91.3 cm³/mol. The predicted octanol–water partition coefficient (Wildman–Crippen LogP) is 1.65. The number of anilines is 2. The third kappa shape index (κ3) is 3.61. The lowest BCUT2D eigenvalue weighted by Crippen LogP contribution is -2.35. The lowest BCUT2D eigenvalue weighted by molar-refractivity contribution is 0.345. The van der Waals surface area contributed by atoms with Gasteiger partial charge in [0.05, 0.1) is 11.4 Å². The first-order valence-electron chi connectivity index (χ1n) is 8.17. The zero-order valence-corrected chi connectivity index (χ0v) is 13.8. The minimum atomic E-state index is 0.300. The summed E-state index contributed by atoms with van der Waals surface area (Å²) in [6.45, 7) is 4.93. The van der Waals surface area contributed by atoms with Crippen molar-refractivity contribution >= 4 is 11.8 Å². The van der Waals surface area contributed by atoms with E-state index in [0.717, 1.165) is 55.1 Å². The molecule has 2 heterocycles. The van der Waals surface area contributed by atoms with Gasteiger partial charge in [-0.05, 0) is 45.1 Å². The van der Waals surface area contributed by atoms with Gasteiger partial charge in [0.25, 0.3) is 0 Å². The first-order chi connectivity index (χ1) is 11.0. The molecule has 7 heteroatoms. The molecule has 2 aromatic rings. The number of rotatable bonds is 6. The zero-order valence-electron chi connectivity index (χ0n) is 13.8. The third-order valence-corrected chi connectivity index (χ3v) is 4.55. The highest BCUT2D eigenvalue weighted by Gasteiger charge is 2.29. The second-order valence-corrected chi connectivity index (χ2v) is 6.41. The molecule has 1 aliphatic carbocycles. The number of aryl methyl sites for hydroxylation is 2. The molecule has 0 amide bonds. The van der Waals surface area contributed by atoms with Gasteiger partial charge in [-0.15, -0.1) is 0 Å². The lowest BCUT2D eigenvalue weighted by atomic mass is 9.78. The van der Waals surface area contributed by atoms with Gasteiger partial charge >= 0.3 is 0 Å². The number of H-pyrrole nitrogens is 1. The third-order valence-electron chi connectivity index (χ3n) is 4.55. The van der Waals surface area contributed by atoms with Crippen LogP contribution in [0.4, 0.5) is 11.8 Å². The minimum Gasteiger partial charge on any atom is -0.370 e. The summed E-state index contributed by atoms with van der Waals surface area (Å²) in [6.07, 6.45) is 3.96. The van der Waals surface area contributed by atoms with E-state index in [2.05, 4.69) is 32.4 Å². The highest BCUT2D eigenvalue weighted by molar-refractivity contribution is 5.42. The maximum atomic E-state index is 5.85. The van der Waals surface area contributed by atoms with Gasteiger partial charge in [-0.2, -0.15) is 10.1 Å². The van der Waals surface area contributed by atoms with Crippen molar-refractivity contribution in [2.45, 2.75) is 51.5 Å². The number of aromatic amines is 1. The van der Waals surface area contributed by atoms with Crippen LogP contribution in [0.3, 0.4) is 0 Å². The van der Waals surface area contributed by atoms with E-state index in [4.69, 9.17) is 11.5 Å². The Hall–Kier alpha value is -2.15. The minimum absolute atomic E-state index is 0.300. The van der Waals surface area contributed by atoms with Crippen LogP contribution in [0.15, 0.2) is 6.07 Å². The van der Waals surface area contributed by atoms with E-state index in [0.29, 0.717) is 17.9 Å². The number of nitrogens with one attached hydrogen (secondary N) is 2. The molecule has 0 atom stereocenters. The van der Waals surface area contributed by atoms with E-state index in [1.54, 1.807) is 0 Å². The fourth-order valence-corrected chi connectivity index (χ4v) is 3.11. The van der Waals surface area contributed by atoms with Crippen LogP contribution < -0.4 is 16.8 Å². The number of hydrogen-bond acceptors (Lipinski definition) is 6. The SMILES string of the molecule is Cc1n[nH]c(C)c1CCCNc1cc(C2CC(N)C2)nc(N)n1. The second kappa shape index (κ2) is 6.54. The van der Waals surface area contributed by atoms with Gasteiger partial charge in [-0.3, -0.25) is 5.10 Å². The standard InChI is InChI=1S/C16H25N7/c1-9-13(10(2)23-22-9)4-3-5-19-15-8-14(20-16(18)21-15)11-6-12(17)7-11/h8,11-12H,3-7,17H2,1-2H3,(H,22,23)(H3,18,19,20,21). The molecule has 0 bridgehead atoms. The summed E-state index contributed by atoms with van der Waals surface area (Å²) in [5.74, 6) is 1.55. The second-order valence-electron chi connectivity index (χ2n) is 6.41. The molecule has 3 rings (SSSR count). The number of nitrogens with two attached hydrogens (primary N) is 2. The van der Waals surface area contributed by atoms with Gasteiger partial charge in [-0.1, -0.05) is 0 Å². The van der Waals surface area contributed by atoms with Crippen molar-refractivity contribution in [1.82, 2.24) is 20.2 Å². The first-order valence-corrected chi connectivity index (χ1v) is 8.17. The number of hydrogen-bond donors (Lipinski definition) is 4. The van der Waals surface area contributed by atoms with E-state index < -0.39 is 0 Å². The summed E-state index contributed by atoms with van der Waals surface area (Å²) in [6, 6.07) is 2.30. The summed E-state index contributed by atoms with van der Waals surface area (Å²) in [5, 5.41) is 10.6. The Morgan fingerprint density at radius 2 is 2.09 bits per heavy atom. The van der Waals surface area contributed by atoms with E-state index >= 15 is 0 Å². The molecular weight excluding hydrogens is 290 g/mol. The number of nitrogen functional groups attached to an aromatic ring is 1. The van der Waals surface area contributed by atoms with Gasteiger partial charge < -0.3 is 16.8 Å². The molecule has 0 saturated heterocycles. The van der Waals surface area contributed by atoms with E-state index in [1.165, 1.54) is 5.56 Å². The van der Waals surface area contributed by atoms with E-state index in [-0.39, 0.29) is 0 Å². The Kier molecular flexibility index (Phi) is 4.47. The van der Waals surface area contributed by atoms with E-state index in [9.17, 15) is 0 Å². The van der Waals surface area contributed by atoms with Gasteiger partial charge in [-0.25, -0.2) is 4.98 Å². The molecule has 23 heavy (non-hydrogen) atoms. The van der Waals surface area contributed by atoms with Crippen LogP contribution in [0, 0.1) is 13.8 Å². The Labute approximate surface area is 136 Å². The topological polar surface area (TPSA) is 119 Å². The summed E-state index contributed by atoms with van der Waals surface area (Å²) < 4.78 is 0. The number of aromatic nitrogens is 4. The van der Waals surface area contributed by atoms with Gasteiger partial charge in [0, 0.05) is 30.3 Å². The maximum absolute atomic E-state index is 5.85. The summed E-state index contributed by atoms with van der Waals surface area (Å²) in [5.41, 5.74) is 16.2.